The first-order valence-corrected chi connectivity index (χ1v) is 5.01. The fraction of sp³-hybridized carbons (Fsp3) is 0.200. The summed E-state index contributed by atoms with van der Waals surface area (Å²) >= 11 is 0. The molecule has 100 valence electrons. The molecule has 9 nitrogen and oxygen atoms in total. The van der Waals surface area contributed by atoms with Gasteiger partial charge in [-0.2, -0.15) is 0 Å². The minimum absolute atomic E-state index is 0.574. The molecule has 0 saturated carbocycles. The summed E-state index contributed by atoms with van der Waals surface area (Å²) in [4.78, 5) is 29.9. The summed E-state index contributed by atoms with van der Waals surface area (Å²) in [6, 6.07) is 4.54. The zero-order chi connectivity index (χ0) is 14.6. The summed E-state index contributed by atoms with van der Waals surface area (Å²) in [6.45, 7) is 3.23. The highest BCUT2D eigenvalue weighted by atomic mass is 16.7. The molecular weight excluding hydrogens is 258 g/mol. The topological polar surface area (TPSA) is 129 Å². The third-order valence-electron chi connectivity index (χ3n) is 2.57. The first-order chi connectivity index (χ1) is 8.87. The third kappa shape index (κ3) is 2.25. The minimum Gasteiger partial charge on any atom is -0.258 e. The molecule has 0 N–H and O–H groups in total. The van der Waals surface area contributed by atoms with Crippen LogP contribution in [0.25, 0.3) is 0 Å². The Kier molecular flexibility index (Phi) is 3.90. The quantitative estimate of drug-likeness (QED) is 0.334. The molecule has 0 spiro atoms. The van der Waals surface area contributed by atoms with Crippen LogP contribution in [0.2, 0.25) is 0 Å². The molecule has 0 amide bonds. The molecule has 0 heterocycles. The van der Waals surface area contributed by atoms with E-state index in [4.69, 9.17) is 0 Å². The summed E-state index contributed by atoms with van der Waals surface area (Å²) in [5.74, 6) is 0. The van der Waals surface area contributed by atoms with E-state index in [1.807, 2.05) is 0 Å². The molecule has 0 fully saturated rings. The van der Waals surface area contributed by atoms with E-state index in [1.165, 1.54) is 12.1 Å². The van der Waals surface area contributed by atoms with E-state index in [9.17, 15) is 30.3 Å². The van der Waals surface area contributed by atoms with E-state index in [1.54, 1.807) is 0 Å². The first kappa shape index (κ1) is 14.2. The standard InChI is InChI=1S/C10H9N3O6/c1-2-7-10(12(16)17,13(18)19)8-5-3-4-6-9(8)11(14)15/h2-6H,1,7H2. The Balaban J connectivity index is 3.67. The maximum atomic E-state index is 11.1. The molecule has 0 aliphatic heterocycles. The molecule has 0 unspecified atom stereocenters. The van der Waals surface area contributed by atoms with Gasteiger partial charge in [0.1, 0.15) is 16.3 Å². The number of rotatable bonds is 6. The van der Waals surface area contributed by atoms with Crippen LogP contribution in [0.3, 0.4) is 0 Å². The van der Waals surface area contributed by atoms with Crippen molar-refractivity contribution in [2.24, 2.45) is 0 Å². The van der Waals surface area contributed by atoms with Crippen molar-refractivity contribution in [2.45, 2.75) is 12.1 Å². The van der Waals surface area contributed by atoms with Crippen LogP contribution in [-0.4, -0.2) is 14.8 Å². The molecule has 1 aromatic rings. The van der Waals surface area contributed by atoms with Gasteiger partial charge in [0.25, 0.3) is 5.69 Å². The van der Waals surface area contributed by atoms with Crippen LogP contribution in [0, 0.1) is 30.3 Å². The Morgan fingerprint density at radius 3 is 2.05 bits per heavy atom. The van der Waals surface area contributed by atoms with Crippen molar-refractivity contribution in [2.75, 3.05) is 0 Å². The van der Waals surface area contributed by atoms with Crippen molar-refractivity contribution in [3.05, 3.63) is 72.8 Å². The van der Waals surface area contributed by atoms with Gasteiger partial charge in [-0.05, 0) is 6.07 Å². The Bertz CT molecular complexity index is 542. The predicted molar refractivity (Wildman–Crippen MR) is 63.6 cm³/mol. The highest BCUT2D eigenvalue weighted by Crippen LogP contribution is 2.35. The average molecular weight is 267 g/mol. The second-order valence-electron chi connectivity index (χ2n) is 3.60. The SMILES string of the molecule is C=CCC(c1ccccc1[N+](=O)[O-])([N+](=O)[O-])[N+](=O)[O-]. The molecule has 0 aromatic heterocycles. The van der Waals surface area contributed by atoms with Crippen molar-refractivity contribution in [3.63, 3.8) is 0 Å². The summed E-state index contributed by atoms with van der Waals surface area (Å²) in [6.07, 6.45) is 0.334. The number of hydrogen-bond donors (Lipinski definition) is 0. The Hall–Kier alpha value is -2.84. The van der Waals surface area contributed by atoms with Gasteiger partial charge in [0, 0.05) is 6.07 Å². The summed E-state index contributed by atoms with van der Waals surface area (Å²) in [7, 11) is 0. The van der Waals surface area contributed by atoms with Gasteiger partial charge < -0.3 is 0 Å². The zero-order valence-electron chi connectivity index (χ0n) is 9.59. The van der Waals surface area contributed by atoms with Crippen LogP contribution in [0.5, 0.6) is 0 Å². The zero-order valence-corrected chi connectivity index (χ0v) is 9.59. The van der Waals surface area contributed by atoms with Gasteiger partial charge in [0.2, 0.25) is 0 Å². The first-order valence-electron chi connectivity index (χ1n) is 5.01. The molecule has 0 atom stereocenters. The molecule has 1 rings (SSSR count). The lowest BCUT2D eigenvalue weighted by Gasteiger charge is -2.15. The van der Waals surface area contributed by atoms with E-state index in [-0.39, 0.29) is 0 Å². The molecule has 9 heteroatoms. The van der Waals surface area contributed by atoms with Crippen LogP contribution in [0.1, 0.15) is 12.0 Å². The number of para-hydroxylation sites is 1. The van der Waals surface area contributed by atoms with E-state index < -0.39 is 38.1 Å². The van der Waals surface area contributed by atoms with Crippen LogP contribution >= 0.6 is 0 Å². The number of nitrogens with zero attached hydrogens (tertiary/aromatic N) is 3. The van der Waals surface area contributed by atoms with Crippen molar-refractivity contribution in [3.8, 4) is 0 Å². The number of nitro groups is 3. The Morgan fingerprint density at radius 2 is 1.63 bits per heavy atom. The second-order valence-corrected chi connectivity index (χ2v) is 3.60. The summed E-state index contributed by atoms with van der Waals surface area (Å²) in [5.41, 5.74) is -4.04. The number of nitro benzene ring substituents is 1. The fourth-order valence-corrected chi connectivity index (χ4v) is 1.70. The van der Waals surface area contributed by atoms with Crippen LogP contribution < -0.4 is 0 Å². The molecule has 0 saturated heterocycles. The van der Waals surface area contributed by atoms with Crippen LogP contribution in [0.15, 0.2) is 36.9 Å². The molecule has 19 heavy (non-hydrogen) atoms. The molecule has 0 aliphatic rings. The van der Waals surface area contributed by atoms with E-state index in [0.717, 1.165) is 18.2 Å². The highest BCUT2D eigenvalue weighted by Gasteiger charge is 2.60. The maximum Gasteiger partial charge on any atom is 0.494 e. The summed E-state index contributed by atoms with van der Waals surface area (Å²) in [5, 5.41) is 33.1. The van der Waals surface area contributed by atoms with Crippen molar-refractivity contribution >= 4 is 5.69 Å². The van der Waals surface area contributed by atoms with Gasteiger partial charge in [-0.1, -0.05) is 18.2 Å². The van der Waals surface area contributed by atoms with E-state index in [2.05, 4.69) is 6.58 Å². The van der Waals surface area contributed by atoms with Gasteiger partial charge in [0.05, 0.1) is 4.92 Å². The molecular formula is C10H9N3O6. The second kappa shape index (κ2) is 5.21. The van der Waals surface area contributed by atoms with Crippen molar-refractivity contribution < 1.29 is 14.8 Å². The number of hydrogen-bond acceptors (Lipinski definition) is 6. The molecule has 0 aliphatic carbocycles. The van der Waals surface area contributed by atoms with Crippen LogP contribution in [-0.2, 0) is 5.66 Å². The van der Waals surface area contributed by atoms with Gasteiger partial charge in [0.15, 0.2) is 5.56 Å². The monoisotopic (exact) mass is 267 g/mol. The molecule has 0 radical (unpaired) electrons. The van der Waals surface area contributed by atoms with Gasteiger partial charge in [-0.25, -0.2) is 0 Å². The maximum absolute atomic E-state index is 11.1. The third-order valence-corrected chi connectivity index (χ3v) is 2.57. The lowest BCUT2D eigenvalue weighted by Crippen LogP contribution is -2.43. The van der Waals surface area contributed by atoms with E-state index in [0.29, 0.717) is 0 Å². The van der Waals surface area contributed by atoms with Crippen LogP contribution in [0.4, 0.5) is 5.69 Å². The van der Waals surface area contributed by atoms with Gasteiger partial charge in [-0.3, -0.25) is 30.3 Å². The Morgan fingerprint density at radius 1 is 1.11 bits per heavy atom. The lowest BCUT2D eigenvalue weighted by molar-refractivity contribution is -0.810. The van der Waals surface area contributed by atoms with Gasteiger partial charge in [-0.15, -0.1) is 6.58 Å². The van der Waals surface area contributed by atoms with Gasteiger partial charge >= 0.3 is 5.66 Å². The molecule has 0 bridgehead atoms. The Labute approximate surface area is 106 Å². The number of benzene rings is 1. The summed E-state index contributed by atoms with van der Waals surface area (Å²) < 4.78 is 0. The van der Waals surface area contributed by atoms with Crippen molar-refractivity contribution in [1.82, 2.24) is 0 Å². The predicted octanol–water partition coefficient (Wildman–Crippen LogP) is 1.88. The molecule has 1 aromatic carbocycles. The lowest BCUT2D eigenvalue weighted by atomic mass is 9.95. The average Bonchev–Trinajstić information content (AvgIpc) is 2.35. The van der Waals surface area contributed by atoms with Crippen molar-refractivity contribution in [1.29, 1.82) is 0 Å². The fourth-order valence-electron chi connectivity index (χ4n) is 1.70. The highest BCUT2D eigenvalue weighted by molar-refractivity contribution is 5.42. The smallest absolute Gasteiger partial charge is 0.258 e. The normalized spacial score (nSPS) is 10.7. The van der Waals surface area contributed by atoms with E-state index >= 15 is 0 Å². The minimum atomic E-state index is -2.80. The largest absolute Gasteiger partial charge is 0.494 e.